The van der Waals surface area contributed by atoms with Gasteiger partial charge in [-0.25, -0.2) is 4.39 Å². The van der Waals surface area contributed by atoms with Crippen LogP contribution in [-0.2, 0) is 0 Å². The number of benzene rings is 1. The molecule has 0 aromatic heterocycles. The molecule has 2 nitrogen and oxygen atoms in total. The van der Waals surface area contributed by atoms with Crippen LogP contribution >= 0.6 is 0 Å². The van der Waals surface area contributed by atoms with Gasteiger partial charge in [-0.05, 0) is 44.4 Å². The number of anilines is 1. The Hall–Kier alpha value is -1.09. The van der Waals surface area contributed by atoms with Crippen LogP contribution in [0.1, 0.15) is 19.8 Å². The van der Waals surface area contributed by atoms with Crippen molar-refractivity contribution in [2.45, 2.75) is 19.8 Å². The van der Waals surface area contributed by atoms with E-state index in [2.05, 4.69) is 17.1 Å². The molecule has 0 spiro atoms. The summed E-state index contributed by atoms with van der Waals surface area (Å²) >= 11 is 0. The van der Waals surface area contributed by atoms with E-state index in [1.54, 1.807) is 6.07 Å². The lowest BCUT2D eigenvalue weighted by molar-refractivity contribution is 0.601. The van der Waals surface area contributed by atoms with E-state index < -0.39 is 0 Å². The zero-order valence-electron chi connectivity index (χ0n) is 10.5. The van der Waals surface area contributed by atoms with Gasteiger partial charge in [-0.1, -0.05) is 12.1 Å². The van der Waals surface area contributed by atoms with E-state index in [0.717, 1.165) is 32.1 Å². The van der Waals surface area contributed by atoms with Crippen LogP contribution in [0.3, 0.4) is 0 Å². The Bertz CT molecular complexity index is 350. The number of para-hydroxylation sites is 1. The smallest absolute Gasteiger partial charge is 0.146 e. The molecule has 0 saturated heterocycles. The molecule has 1 aromatic carbocycles. The normalized spacial score (nSPS) is 14.9. The highest BCUT2D eigenvalue weighted by Gasteiger charge is 2.20. The van der Waals surface area contributed by atoms with Gasteiger partial charge in [-0.2, -0.15) is 0 Å². The first-order valence-corrected chi connectivity index (χ1v) is 6.51. The summed E-state index contributed by atoms with van der Waals surface area (Å²) in [6.45, 7) is 5.82. The molecule has 1 aliphatic rings. The molecule has 2 rings (SSSR count). The molecular weight excluding hydrogens is 215 g/mol. The van der Waals surface area contributed by atoms with E-state index in [-0.39, 0.29) is 5.82 Å². The minimum atomic E-state index is -0.128. The Morgan fingerprint density at radius 3 is 2.76 bits per heavy atom. The Morgan fingerprint density at radius 2 is 2.12 bits per heavy atom. The molecule has 0 unspecified atom stereocenters. The molecule has 1 saturated carbocycles. The van der Waals surface area contributed by atoms with Gasteiger partial charge in [-0.15, -0.1) is 0 Å². The minimum absolute atomic E-state index is 0.128. The van der Waals surface area contributed by atoms with Crippen LogP contribution in [0.5, 0.6) is 0 Å². The zero-order chi connectivity index (χ0) is 12.1. The second-order valence-electron chi connectivity index (χ2n) is 4.68. The van der Waals surface area contributed by atoms with Gasteiger partial charge in [0.25, 0.3) is 0 Å². The summed E-state index contributed by atoms with van der Waals surface area (Å²) in [5.74, 6) is 0.773. The van der Waals surface area contributed by atoms with Crippen LogP contribution in [0, 0.1) is 11.7 Å². The summed E-state index contributed by atoms with van der Waals surface area (Å²) in [6, 6.07) is 6.99. The molecule has 1 fully saturated rings. The standard InChI is InChI=1S/C14H21FN2/c1-2-17(10-9-16-11-12-7-8-12)14-6-4-3-5-13(14)15/h3-6,12,16H,2,7-11H2,1H3. The lowest BCUT2D eigenvalue weighted by Gasteiger charge is -2.23. The summed E-state index contributed by atoms with van der Waals surface area (Å²) in [4.78, 5) is 2.08. The largest absolute Gasteiger partial charge is 0.368 e. The fourth-order valence-corrected chi connectivity index (χ4v) is 2.00. The van der Waals surface area contributed by atoms with Crippen molar-refractivity contribution in [3.8, 4) is 0 Å². The van der Waals surface area contributed by atoms with E-state index in [1.165, 1.54) is 18.9 Å². The topological polar surface area (TPSA) is 15.3 Å². The van der Waals surface area contributed by atoms with Gasteiger partial charge in [0.1, 0.15) is 5.82 Å². The van der Waals surface area contributed by atoms with Crippen molar-refractivity contribution >= 4 is 5.69 Å². The van der Waals surface area contributed by atoms with Crippen LogP contribution in [0.4, 0.5) is 10.1 Å². The van der Waals surface area contributed by atoms with Crippen molar-refractivity contribution in [1.82, 2.24) is 5.32 Å². The molecular formula is C14H21FN2. The molecule has 94 valence electrons. The zero-order valence-corrected chi connectivity index (χ0v) is 10.5. The van der Waals surface area contributed by atoms with E-state index >= 15 is 0 Å². The molecule has 17 heavy (non-hydrogen) atoms. The van der Waals surface area contributed by atoms with Gasteiger partial charge >= 0.3 is 0 Å². The van der Waals surface area contributed by atoms with Gasteiger partial charge in [0, 0.05) is 19.6 Å². The van der Waals surface area contributed by atoms with Crippen molar-refractivity contribution in [3.63, 3.8) is 0 Å². The van der Waals surface area contributed by atoms with E-state index in [4.69, 9.17) is 0 Å². The monoisotopic (exact) mass is 236 g/mol. The Balaban J connectivity index is 1.80. The number of rotatable bonds is 7. The lowest BCUT2D eigenvalue weighted by Crippen LogP contribution is -2.33. The molecule has 0 aliphatic heterocycles. The van der Waals surface area contributed by atoms with E-state index in [0.29, 0.717) is 5.69 Å². The van der Waals surface area contributed by atoms with Crippen molar-refractivity contribution in [3.05, 3.63) is 30.1 Å². The average Bonchev–Trinajstić information content (AvgIpc) is 3.15. The Morgan fingerprint density at radius 1 is 1.35 bits per heavy atom. The first-order chi connectivity index (χ1) is 8.31. The molecule has 1 aromatic rings. The maximum atomic E-state index is 13.6. The van der Waals surface area contributed by atoms with Crippen molar-refractivity contribution in [1.29, 1.82) is 0 Å². The van der Waals surface area contributed by atoms with E-state index in [9.17, 15) is 4.39 Å². The van der Waals surface area contributed by atoms with Crippen LogP contribution < -0.4 is 10.2 Å². The highest BCUT2D eigenvalue weighted by atomic mass is 19.1. The maximum absolute atomic E-state index is 13.6. The van der Waals surface area contributed by atoms with Gasteiger partial charge in [0.2, 0.25) is 0 Å². The number of nitrogens with zero attached hydrogens (tertiary/aromatic N) is 1. The predicted molar refractivity (Wildman–Crippen MR) is 69.9 cm³/mol. The minimum Gasteiger partial charge on any atom is -0.368 e. The summed E-state index contributed by atoms with van der Waals surface area (Å²) in [7, 11) is 0. The van der Waals surface area contributed by atoms with Crippen molar-refractivity contribution in [2.24, 2.45) is 5.92 Å². The first kappa shape index (κ1) is 12.4. The molecule has 1 N–H and O–H groups in total. The average molecular weight is 236 g/mol. The summed E-state index contributed by atoms with van der Waals surface area (Å²) in [6.07, 6.45) is 2.75. The number of likely N-dealkylation sites (N-methyl/N-ethyl adjacent to an activating group) is 1. The fraction of sp³-hybridized carbons (Fsp3) is 0.571. The van der Waals surface area contributed by atoms with Crippen LogP contribution in [0.2, 0.25) is 0 Å². The highest BCUT2D eigenvalue weighted by molar-refractivity contribution is 5.47. The van der Waals surface area contributed by atoms with Gasteiger partial charge < -0.3 is 10.2 Å². The maximum Gasteiger partial charge on any atom is 0.146 e. The Labute approximate surface area is 103 Å². The summed E-state index contributed by atoms with van der Waals surface area (Å²) in [5.41, 5.74) is 0.711. The number of halogens is 1. The summed E-state index contributed by atoms with van der Waals surface area (Å²) in [5, 5.41) is 3.44. The molecule has 0 atom stereocenters. The third-order valence-corrected chi connectivity index (χ3v) is 3.26. The van der Waals surface area contributed by atoms with Gasteiger partial charge in [-0.3, -0.25) is 0 Å². The van der Waals surface area contributed by atoms with Crippen LogP contribution in [0.15, 0.2) is 24.3 Å². The SMILES string of the molecule is CCN(CCNCC1CC1)c1ccccc1F. The first-order valence-electron chi connectivity index (χ1n) is 6.51. The third kappa shape index (κ3) is 3.70. The fourth-order valence-electron chi connectivity index (χ4n) is 2.00. The molecule has 0 radical (unpaired) electrons. The van der Waals surface area contributed by atoms with Crippen molar-refractivity contribution in [2.75, 3.05) is 31.1 Å². The molecule has 0 bridgehead atoms. The van der Waals surface area contributed by atoms with E-state index in [1.807, 2.05) is 12.1 Å². The van der Waals surface area contributed by atoms with Gasteiger partial charge in [0.05, 0.1) is 5.69 Å². The van der Waals surface area contributed by atoms with Crippen LogP contribution in [0.25, 0.3) is 0 Å². The second kappa shape index (κ2) is 6.01. The second-order valence-corrected chi connectivity index (χ2v) is 4.68. The molecule has 3 heteroatoms. The molecule has 1 aliphatic carbocycles. The Kier molecular flexibility index (Phi) is 4.37. The highest BCUT2D eigenvalue weighted by Crippen LogP contribution is 2.27. The lowest BCUT2D eigenvalue weighted by atomic mass is 10.2. The molecule has 0 heterocycles. The number of nitrogens with one attached hydrogen (secondary N) is 1. The molecule has 0 amide bonds. The summed E-state index contributed by atoms with van der Waals surface area (Å²) < 4.78 is 13.6. The van der Waals surface area contributed by atoms with Crippen LogP contribution in [-0.4, -0.2) is 26.2 Å². The number of hydrogen-bond donors (Lipinski definition) is 1. The van der Waals surface area contributed by atoms with Crippen molar-refractivity contribution < 1.29 is 4.39 Å². The predicted octanol–water partition coefficient (Wildman–Crippen LogP) is 2.65. The number of hydrogen-bond acceptors (Lipinski definition) is 2. The quantitative estimate of drug-likeness (QED) is 0.732. The van der Waals surface area contributed by atoms with Gasteiger partial charge in [0.15, 0.2) is 0 Å². The third-order valence-electron chi connectivity index (χ3n) is 3.26.